The van der Waals surface area contributed by atoms with Gasteiger partial charge in [-0.15, -0.1) is 0 Å². The third-order valence-electron chi connectivity index (χ3n) is 3.37. The average Bonchev–Trinajstić information content (AvgIpc) is 2.51. The van der Waals surface area contributed by atoms with Crippen molar-refractivity contribution in [3.63, 3.8) is 0 Å². The Bertz CT molecular complexity index is 926. The van der Waals surface area contributed by atoms with Gasteiger partial charge in [-0.3, -0.25) is 13.9 Å². The summed E-state index contributed by atoms with van der Waals surface area (Å²) < 4.78 is 15.4. The van der Waals surface area contributed by atoms with E-state index in [1.54, 1.807) is 31.3 Å². The first-order valence-electron chi connectivity index (χ1n) is 6.37. The molecule has 0 unspecified atom stereocenters. The number of fused-ring (bicyclic) bond motifs is 1. The Morgan fingerprint density at radius 2 is 1.86 bits per heavy atom. The Morgan fingerprint density at radius 1 is 1.14 bits per heavy atom. The lowest BCUT2D eigenvalue weighted by atomic mass is 10.2. The van der Waals surface area contributed by atoms with Crippen LogP contribution in [0.5, 0.6) is 0 Å². The van der Waals surface area contributed by atoms with Gasteiger partial charge in [0.1, 0.15) is 5.82 Å². The number of benzene rings is 1. The van der Waals surface area contributed by atoms with Crippen LogP contribution in [-0.2, 0) is 13.6 Å². The number of aryl methyl sites for hydroxylation is 1. The molecule has 106 valence electrons. The highest BCUT2D eigenvalue weighted by atomic mass is 19.1. The van der Waals surface area contributed by atoms with E-state index in [1.807, 2.05) is 0 Å². The van der Waals surface area contributed by atoms with Crippen LogP contribution in [0.4, 0.5) is 4.39 Å². The van der Waals surface area contributed by atoms with E-state index in [0.717, 1.165) is 4.57 Å². The SMILES string of the molecule is Cn1c(=O)n(Cc2ccc(F)cc2)c(=O)c2ncccc21. The molecule has 3 aromatic rings. The van der Waals surface area contributed by atoms with E-state index in [2.05, 4.69) is 4.98 Å². The van der Waals surface area contributed by atoms with Gasteiger partial charge in [0.05, 0.1) is 12.1 Å². The molecule has 0 atom stereocenters. The van der Waals surface area contributed by atoms with Crippen LogP contribution in [0.15, 0.2) is 52.2 Å². The Morgan fingerprint density at radius 3 is 2.57 bits per heavy atom. The van der Waals surface area contributed by atoms with Gasteiger partial charge in [-0.1, -0.05) is 12.1 Å². The molecule has 0 aliphatic heterocycles. The number of rotatable bonds is 2. The molecule has 0 fully saturated rings. The quantitative estimate of drug-likeness (QED) is 0.712. The highest BCUT2D eigenvalue weighted by Gasteiger charge is 2.11. The maximum Gasteiger partial charge on any atom is 0.331 e. The zero-order valence-corrected chi connectivity index (χ0v) is 11.3. The van der Waals surface area contributed by atoms with Gasteiger partial charge < -0.3 is 0 Å². The minimum absolute atomic E-state index is 0.0816. The molecular weight excluding hydrogens is 273 g/mol. The van der Waals surface area contributed by atoms with E-state index in [1.165, 1.54) is 22.9 Å². The van der Waals surface area contributed by atoms with Crippen LogP contribution in [0.1, 0.15) is 5.56 Å². The summed E-state index contributed by atoms with van der Waals surface area (Å²) >= 11 is 0. The number of nitrogens with zero attached hydrogens (tertiary/aromatic N) is 3. The van der Waals surface area contributed by atoms with Crippen molar-refractivity contribution in [3.8, 4) is 0 Å². The summed E-state index contributed by atoms with van der Waals surface area (Å²) in [7, 11) is 1.59. The van der Waals surface area contributed by atoms with Crippen molar-refractivity contribution >= 4 is 11.0 Å². The second kappa shape index (κ2) is 4.97. The highest BCUT2D eigenvalue weighted by Crippen LogP contribution is 2.05. The van der Waals surface area contributed by atoms with Crippen LogP contribution in [0.25, 0.3) is 11.0 Å². The lowest BCUT2D eigenvalue weighted by molar-refractivity contribution is 0.623. The van der Waals surface area contributed by atoms with Crippen molar-refractivity contribution in [2.24, 2.45) is 7.05 Å². The molecule has 0 amide bonds. The van der Waals surface area contributed by atoms with Crippen molar-refractivity contribution in [3.05, 3.63) is 74.8 Å². The molecule has 21 heavy (non-hydrogen) atoms. The molecule has 0 radical (unpaired) electrons. The average molecular weight is 285 g/mol. The van der Waals surface area contributed by atoms with Gasteiger partial charge in [0.15, 0.2) is 5.52 Å². The zero-order valence-electron chi connectivity index (χ0n) is 11.3. The molecule has 0 spiro atoms. The van der Waals surface area contributed by atoms with Gasteiger partial charge in [-0.05, 0) is 29.8 Å². The molecular formula is C15H12FN3O2. The molecule has 0 aliphatic rings. The maximum atomic E-state index is 12.9. The molecule has 0 saturated carbocycles. The summed E-state index contributed by atoms with van der Waals surface area (Å²) in [6, 6.07) is 9.03. The molecule has 0 saturated heterocycles. The maximum absolute atomic E-state index is 12.9. The predicted octanol–water partition coefficient (Wildman–Crippen LogP) is 1.28. The van der Waals surface area contributed by atoms with Crippen molar-refractivity contribution < 1.29 is 4.39 Å². The fourth-order valence-corrected chi connectivity index (χ4v) is 2.24. The Labute approximate surface area is 118 Å². The molecule has 2 heterocycles. The summed E-state index contributed by atoms with van der Waals surface area (Å²) in [6.07, 6.45) is 1.51. The largest absolute Gasteiger partial charge is 0.331 e. The van der Waals surface area contributed by atoms with E-state index in [-0.39, 0.29) is 17.9 Å². The summed E-state index contributed by atoms with van der Waals surface area (Å²) in [4.78, 5) is 28.7. The first kappa shape index (κ1) is 13.2. The smallest absolute Gasteiger partial charge is 0.295 e. The fourth-order valence-electron chi connectivity index (χ4n) is 2.24. The number of aromatic nitrogens is 3. The molecule has 0 N–H and O–H groups in total. The van der Waals surface area contributed by atoms with Crippen LogP contribution < -0.4 is 11.2 Å². The number of hydrogen-bond donors (Lipinski definition) is 0. The number of pyridine rings is 1. The third-order valence-corrected chi connectivity index (χ3v) is 3.37. The summed E-state index contributed by atoms with van der Waals surface area (Å²) in [5, 5.41) is 0. The molecule has 1 aromatic carbocycles. The monoisotopic (exact) mass is 285 g/mol. The minimum atomic E-state index is -0.446. The predicted molar refractivity (Wildman–Crippen MR) is 76.7 cm³/mol. The first-order valence-corrected chi connectivity index (χ1v) is 6.37. The topological polar surface area (TPSA) is 56.9 Å². The molecule has 0 aliphatic carbocycles. The lowest BCUT2D eigenvalue weighted by Gasteiger charge is -2.10. The van der Waals surface area contributed by atoms with Gasteiger partial charge in [-0.2, -0.15) is 0 Å². The molecule has 3 rings (SSSR count). The van der Waals surface area contributed by atoms with Crippen LogP contribution in [0.2, 0.25) is 0 Å². The van der Waals surface area contributed by atoms with E-state index < -0.39 is 11.2 Å². The van der Waals surface area contributed by atoms with E-state index in [0.29, 0.717) is 11.1 Å². The fraction of sp³-hybridized carbons (Fsp3) is 0.133. The van der Waals surface area contributed by atoms with Crippen LogP contribution in [0, 0.1) is 5.82 Å². The van der Waals surface area contributed by atoms with Gasteiger partial charge in [0.25, 0.3) is 5.56 Å². The molecule has 6 heteroatoms. The highest BCUT2D eigenvalue weighted by molar-refractivity contribution is 5.72. The Kier molecular flexibility index (Phi) is 3.13. The summed E-state index contributed by atoms with van der Waals surface area (Å²) in [6.45, 7) is 0.0816. The summed E-state index contributed by atoms with van der Waals surface area (Å²) in [5.74, 6) is -0.362. The van der Waals surface area contributed by atoms with Gasteiger partial charge in [0, 0.05) is 13.2 Å². The standard InChI is InChI=1S/C15H12FN3O2/c1-18-12-3-2-8-17-13(12)14(20)19(15(18)21)9-10-4-6-11(16)7-5-10/h2-8H,9H2,1H3. The molecule has 2 aromatic heterocycles. The van der Waals surface area contributed by atoms with Crippen molar-refractivity contribution in [2.75, 3.05) is 0 Å². The second-order valence-electron chi connectivity index (χ2n) is 4.73. The van der Waals surface area contributed by atoms with Crippen molar-refractivity contribution in [2.45, 2.75) is 6.54 Å². The Balaban J connectivity index is 2.21. The summed E-state index contributed by atoms with van der Waals surface area (Å²) in [5.41, 5.74) is 0.526. The van der Waals surface area contributed by atoms with Gasteiger partial charge in [-0.25, -0.2) is 14.2 Å². The zero-order chi connectivity index (χ0) is 15.0. The van der Waals surface area contributed by atoms with Crippen LogP contribution >= 0.6 is 0 Å². The number of halogens is 1. The molecule has 5 nitrogen and oxygen atoms in total. The van der Waals surface area contributed by atoms with Gasteiger partial charge >= 0.3 is 5.69 Å². The number of hydrogen-bond acceptors (Lipinski definition) is 3. The molecule has 0 bridgehead atoms. The van der Waals surface area contributed by atoms with Crippen molar-refractivity contribution in [1.29, 1.82) is 0 Å². The Hall–Kier alpha value is -2.76. The van der Waals surface area contributed by atoms with Gasteiger partial charge in [0.2, 0.25) is 0 Å². The van der Waals surface area contributed by atoms with Crippen molar-refractivity contribution in [1.82, 2.24) is 14.1 Å². The normalized spacial score (nSPS) is 11.0. The van der Waals surface area contributed by atoms with E-state index >= 15 is 0 Å². The third kappa shape index (κ3) is 2.24. The second-order valence-corrected chi connectivity index (χ2v) is 4.73. The lowest BCUT2D eigenvalue weighted by Crippen LogP contribution is -2.39. The van der Waals surface area contributed by atoms with E-state index in [4.69, 9.17) is 0 Å². The minimum Gasteiger partial charge on any atom is -0.295 e. The van der Waals surface area contributed by atoms with Crippen LogP contribution in [0.3, 0.4) is 0 Å². The van der Waals surface area contributed by atoms with E-state index in [9.17, 15) is 14.0 Å². The van der Waals surface area contributed by atoms with Crippen LogP contribution in [-0.4, -0.2) is 14.1 Å². The first-order chi connectivity index (χ1) is 10.1.